The lowest BCUT2D eigenvalue weighted by molar-refractivity contribution is 0.144. The summed E-state index contributed by atoms with van der Waals surface area (Å²) in [6, 6.07) is 1.76. The number of likely N-dealkylation sites (tertiary alicyclic amines) is 2. The molecule has 92 valence electrons. The molecule has 2 aliphatic heterocycles. The maximum atomic E-state index is 2.70. The highest BCUT2D eigenvalue weighted by Gasteiger charge is 2.40. The second-order valence-corrected chi connectivity index (χ2v) is 5.16. The van der Waals surface area contributed by atoms with Crippen molar-refractivity contribution in [1.82, 2.24) is 9.80 Å². The van der Waals surface area contributed by atoms with Crippen LogP contribution in [0.4, 0.5) is 0 Å². The Morgan fingerprint density at radius 1 is 1.13 bits per heavy atom. The van der Waals surface area contributed by atoms with Gasteiger partial charge in [-0.3, -0.25) is 4.90 Å². The maximum absolute atomic E-state index is 2.70. The van der Waals surface area contributed by atoms with Gasteiger partial charge in [0.05, 0.1) is 0 Å². The molecule has 2 saturated heterocycles. The fraction of sp³-hybridized carbons (Fsp3) is 1.00. The number of hydrogen-bond donors (Lipinski definition) is 0. The minimum Gasteiger partial charge on any atom is -0.301 e. The van der Waals surface area contributed by atoms with E-state index in [0.717, 1.165) is 18.0 Å². The highest BCUT2D eigenvalue weighted by atomic mass is 32.1. The van der Waals surface area contributed by atoms with Crippen LogP contribution in [-0.2, 0) is 0 Å². The van der Waals surface area contributed by atoms with Gasteiger partial charge in [-0.15, -0.1) is 0 Å². The Morgan fingerprint density at radius 3 is 2.20 bits per heavy atom. The lowest BCUT2D eigenvalue weighted by Crippen LogP contribution is -2.44. The van der Waals surface area contributed by atoms with Gasteiger partial charge in [0, 0.05) is 25.2 Å². The standard InChI is InChI=1S/C11H22N2.2H2S/c1-9(2)4-5-13-8-10-6-11(13)7-12(10)3;;/h9-11H,4-8H2,1-3H3;2*1H2. The van der Waals surface area contributed by atoms with Crippen molar-refractivity contribution in [3.63, 3.8) is 0 Å². The van der Waals surface area contributed by atoms with Crippen molar-refractivity contribution in [3.8, 4) is 0 Å². The van der Waals surface area contributed by atoms with E-state index >= 15 is 0 Å². The van der Waals surface area contributed by atoms with E-state index in [1.54, 1.807) is 0 Å². The molecule has 2 unspecified atom stereocenters. The summed E-state index contributed by atoms with van der Waals surface area (Å²) in [6.07, 6.45) is 2.79. The van der Waals surface area contributed by atoms with Crippen LogP contribution in [0.25, 0.3) is 0 Å². The minimum absolute atomic E-state index is 0. The predicted octanol–water partition coefficient (Wildman–Crippen LogP) is 1.65. The Balaban J connectivity index is 0.000000980. The largest absolute Gasteiger partial charge is 0.301 e. The number of nitrogens with zero attached hydrogens (tertiary/aromatic N) is 2. The number of likely N-dealkylation sites (N-methyl/N-ethyl adjacent to an activating group) is 1. The molecule has 0 aromatic carbocycles. The molecule has 0 N–H and O–H groups in total. The average Bonchev–Trinajstić information content (AvgIpc) is 2.58. The predicted molar refractivity (Wildman–Crippen MR) is 76.6 cm³/mol. The highest BCUT2D eigenvalue weighted by Crippen LogP contribution is 2.29. The molecule has 0 saturated carbocycles. The van der Waals surface area contributed by atoms with Crippen molar-refractivity contribution >= 4 is 27.0 Å². The van der Waals surface area contributed by atoms with Gasteiger partial charge in [0.25, 0.3) is 0 Å². The zero-order valence-corrected chi connectivity index (χ0v) is 12.2. The monoisotopic (exact) mass is 250 g/mol. The summed E-state index contributed by atoms with van der Waals surface area (Å²) in [6.45, 7) is 8.60. The molecule has 0 aromatic rings. The normalized spacial score (nSPS) is 30.4. The van der Waals surface area contributed by atoms with Gasteiger partial charge in [-0.1, -0.05) is 13.8 Å². The summed E-state index contributed by atoms with van der Waals surface area (Å²) in [5, 5.41) is 0. The molecule has 2 bridgehead atoms. The summed E-state index contributed by atoms with van der Waals surface area (Å²) in [4.78, 5) is 5.22. The first kappa shape index (κ1) is 15.6. The van der Waals surface area contributed by atoms with Gasteiger partial charge in [0.2, 0.25) is 0 Å². The van der Waals surface area contributed by atoms with Crippen LogP contribution >= 0.6 is 27.0 Å². The van der Waals surface area contributed by atoms with E-state index in [2.05, 4.69) is 30.7 Å². The molecule has 2 atom stereocenters. The van der Waals surface area contributed by atoms with E-state index in [4.69, 9.17) is 0 Å². The van der Waals surface area contributed by atoms with E-state index in [0.29, 0.717) is 0 Å². The van der Waals surface area contributed by atoms with E-state index in [1.165, 1.54) is 32.5 Å². The molecule has 0 aromatic heterocycles. The first-order valence-corrected chi connectivity index (χ1v) is 5.61. The van der Waals surface area contributed by atoms with Crippen molar-refractivity contribution in [3.05, 3.63) is 0 Å². The van der Waals surface area contributed by atoms with Gasteiger partial charge in [0.1, 0.15) is 0 Å². The van der Waals surface area contributed by atoms with Crippen LogP contribution in [0.3, 0.4) is 0 Å². The van der Waals surface area contributed by atoms with Crippen molar-refractivity contribution in [2.75, 3.05) is 26.7 Å². The molecule has 0 spiro atoms. The molecule has 2 fully saturated rings. The lowest BCUT2D eigenvalue weighted by Gasteiger charge is -2.32. The fourth-order valence-electron chi connectivity index (χ4n) is 2.65. The molecular formula is C11H26N2S2. The lowest BCUT2D eigenvalue weighted by atomic mass is 10.1. The van der Waals surface area contributed by atoms with Crippen LogP contribution < -0.4 is 0 Å². The Morgan fingerprint density at radius 2 is 1.80 bits per heavy atom. The quantitative estimate of drug-likeness (QED) is 0.751. The zero-order chi connectivity index (χ0) is 9.42. The number of fused-ring (bicyclic) bond motifs is 2. The van der Waals surface area contributed by atoms with Gasteiger partial charge in [-0.2, -0.15) is 27.0 Å². The van der Waals surface area contributed by atoms with Gasteiger partial charge < -0.3 is 4.90 Å². The topological polar surface area (TPSA) is 6.48 Å². The molecule has 15 heavy (non-hydrogen) atoms. The smallest absolute Gasteiger partial charge is 0.0239 e. The van der Waals surface area contributed by atoms with Crippen LogP contribution in [0.15, 0.2) is 0 Å². The Kier molecular flexibility index (Phi) is 6.64. The van der Waals surface area contributed by atoms with Gasteiger partial charge >= 0.3 is 0 Å². The summed E-state index contributed by atoms with van der Waals surface area (Å²) in [5.74, 6) is 0.858. The molecule has 0 aliphatic carbocycles. The summed E-state index contributed by atoms with van der Waals surface area (Å²) in [5.41, 5.74) is 0. The molecule has 2 heterocycles. The molecule has 0 amide bonds. The first-order valence-electron chi connectivity index (χ1n) is 5.61. The highest BCUT2D eigenvalue weighted by molar-refractivity contribution is 7.59. The van der Waals surface area contributed by atoms with Gasteiger partial charge in [-0.05, 0) is 32.4 Å². The van der Waals surface area contributed by atoms with E-state index < -0.39 is 0 Å². The van der Waals surface area contributed by atoms with Gasteiger partial charge in [0.15, 0.2) is 0 Å². The molecule has 0 radical (unpaired) electrons. The molecule has 2 rings (SSSR count). The second-order valence-electron chi connectivity index (χ2n) is 5.16. The van der Waals surface area contributed by atoms with Gasteiger partial charge in [-0.25, -0.2) is 0 Å². The van der Waals surface area contributed by atoms with E-state index in [-0.39, 0.29) is 27.0 Å². The Labute approximate surface area is 108 Å². The Bertz CT molecular complexity index is 185. The minimum atomic E-state index is 0. The first-order chi connectivity index (χ1) is 6.16. The van der Waals surface area contributed by atoms with Crippen LogP contribution in [0, 0.1) is 5.92 Å². The van der Waals surface area contributed by atoms with Crippen LogP contribution in [0.1, 0.15) is 26.7 Å². The van der Waals surface area contributed by atoms with E-state index in [1.807, 2.05) is 0 Å². The maximum Gasteiger partial charge on any atom is 0.0239 e. The molecule has 2 nitrogen and oxygen atoms in total. The zero-order valence-electron chi connectivity index (χ0n) is 10.2. The third-order valence-corrected chi connectivity index (χ3v) is 3.62. The summed E-state index contributed by atoms with van der Waals surface area (Å²) in [7, 11) is 2.27. The number of rotatable bonds is 3. The Hall–Kier alpha value is 0.620. The summed E-state index contributed by atoms with van der Waals surface area (Å²) < 4.78 is 0. The number of piperazine rings is 1. The third-order valence-electron chi connectivity index (χ3n) is 3.62. The van der Waals surface area contributed by atoms with Crippen LogP contribution in [0.2, 0.25) is 0 Å². The van der Waals surface area contributed by atoms with Crippen molar-refractivity contribution in [1.29, 1.82) is 0 Å². The van der Waals surface area contributed by atoms with Crippen LogP contribution in [-0.4, -0.2) is 48.6 Å². The average molecular weight is 250 g/mol. The van der Waals surface area contributed by atoms with Crippen molar-refractivity contribution < 1.29 is 0 Å². The molecule has 4 heteroatoms. The van der Waals surface area contributed by atoms with E-state index in [9.17, 15) is 0 Å². The van der Waals surface area contributed by atoms with Crippen molar-refractivity contribution in [2.45, 2.75) is 38.8 Å². The van der Waals surface area contributed by atoms with Crippen LogP contribution in [0.5, 0.6) is 0 Å². The molecule has 2 aliphatic rings. The molecular weight excluding hydrogens is 224 g/mol. The van der Waals surface area contributed by atoms with Crippen molar-refractivity contribution in [2.24, 2.45) is 5.92 Å². The number of hydrogen-bond acceptors (Lipinski definition) is 2. The fourth-order valence-corrected chi connectivity index (χ4v) is 2.65. The second kappa shape index (κ2) is 6.38. The summed E-state index contributed by atoms with van der Waals surface area (Å²) >= 11 is 0. The SMILES string of the molecule is CC(C)CCN1CC2CC1CN2C.S.S. The third kappa shape index (κ3) is 3.55.